The van der Waals surface area contributed by atoms with E-state index in [0.29, 0.717) is 0 Å². The van der Waals surface area contributed by atoms with Crippen LogP contribution in [0.2, 0.25) is 0 Å². The third-order valence-electron chi connectivity index (χ3n) is 8.07. The molecule has 2 atom stereocenters. The van der Waals surface area contributed by atoms with Gasteiger partial charge in [-0.3, -0.25) is 9.98 Å². The number of hydrogen-bond donors (Lipinski definition) is 2. The number of hydrogen-bond acceptors (Lipinski definition) is 4. The van der Waals surface area contributed by atoms with E-state index in [1.165, 1.54) is 22.3 Å². The smallest absolute Gasteiger partial charge is 0.124 e. The Bertz CT molecular complexity index is 1160. The number of phenolic OH excluding ortho intramolecular Hbond substituents is 2. The molecule has 0 saturated heterocycles. The summed E-state index contributed by atoms with van der Waals surface area (Å²) in [7, 11) is 0. The van der Waals surface area contributed by atoms with Crippen molar-refractivity contribution in [2.45, 2.75) is 143 Å². The van der Waals surface area contributed by atoms with Crippen molar-refractivity contribution in [1.29, 1.82) is 0 Å². The summed E-state index contributed by atoms with van der Waals surface area (Å²) < 4.78 is 0. The van der Waals surface area contributed by atoms with E-state index in [1.807, 2.05) is 24.6 Å². The minimum atomic E-state index is -0.0670. The lowest BCUT2D eigenvalue weighted by Crippen LogP contribution is -2.27. The van der Waals surface area contributed by atoms with E-state index in [9.17, 15) is 10.2 Å². The molecule has 0 bridgehead atoms. The Morgan fingerprint density at radius 2 is 0.800 bits per heavy atom. The molecule has 220 valence electrons. The molecular weight excluding hydrogens is 492 g/mol. The SMILES string of the molecule is CC(C)(C)c1cc(O)c(C=N[C@@H]2CCCC[C@H]2N=Cc2cc(C(C)(C)C)c(C(C)(C)C)cc2O)cc1C(C)(C)C. The predicted octanol–water partition coefficient (Wildman–Crippen LogP) is 9.14. The molecule has 0 aromatic heterocycles. The molecule has 0 amide bonds. The number of rotatable bonds is 4. The molecule has 1 saturated carbocycles. The summed E-state index contributed by atoms with van der Waals surface area (Å²) in [6.45, 7) is 26.4. The maximum Gasteiger partial charge on any atom is 0.124 e. The maximum atomic E-state index is 10.9. The van der Waals surface area contributed by atoms with Crippen molar-refractivity contribution in [2.24, 2.45) is 9.98 Å². The number of phenols is 2. The van der Waals surface area contributed by atoms with Gasteiger partial charge in [-0.2, -0.15) is 0 Å². The second kappa shape index (κ2) is 11.3. The standard InChI is InChI=1S/C36H54N2O2/c1-33(2,3)25-17-23(31(39)19-27(25)35(7,8)9)21-37-29-15-13-14-16-30(29)38-22-24-18-26(34(4,5)6)28(20-32(24)40)36(10,11)12/h17-22,29-30,39-40H,13-16H2,1-12H3/t29-,30-/m1/s1. The monoisotopic (exact) mass is 546 g/mol. The van der Waals surface area contributed by atoms with Crippen LogP contribution in [0.25, 0.3) is 0 Å². The number of aliphatic imine (C=N–C) groups is 2. The zero-order valence-electron chi connectivity index (χ0n) is 27.2. The Labute approximate surface area is 244 Å². The minimum absolute atomic E-state index is 0.0443. The van der Waals surface area contributed by atoms with E-state index >= 15 is 0 Å². The molecule has 0 spiro atoms. The maximum absolute atomic E-state index is 10.9. The average molecular weight is 547 g/mol. The van der Waals surface area contributed by atoms with Gasteiger partial charge < -0.3 is 10.2 Å². The number of nitrogens with zero attached hydrogens (tertiary/aromatic N) is 2. The van der Waals surface area contributed by atoms with Gasteiger partial charge in [-0.05, 0) is 81.0 Å². The molecule has 0 aliphatic heterocycles. The normalized spacial score (nSPS) is 19.6. The highest BCUT2D eigenvalue weighted by atomic mass is 16.3. The summed E-state index contributed by atoms with van der Waals surface area (Å²) in [6, 6.07) is 8.17. The quantitative estimate of drug-likeness (QED) is 0.376. The van der Waals surface area contributed by atoms with Crippen LogP contribution in [0.3, 0.4) is 0 Å². The minimum Gasteiger partial charge on any atom is -0.507 e. The van der Waals surface area contributed by atoms with Gasteiger partial charge in [-0.25, -0.2) is 0 Å². The lowest BCUT2D eigenvalue weighted by molar-refractivity contribution is 0.390. The first-order valence-corrected chi connectivity index (χ1v) is 15.0. The summed E-state index contributed by atoms with van der Waals surface area (Å²) in [5.74, 6) is 0.548. The Morgan fingerprint density at radius 3 is 1.07 bits per heavy atom. The molecule has 1 aliphatic carbocycles. The van der Waals surface area contributed by atoms with Gasteiger partial charge in [0.25, 0.3) is 0 Å². The van der Waals surface area contributed by atoms with Crippen molar-refractivity contribution in [3.63, 3.8) is 0 Å². The third kappa shape index (κ3) is 7.56. The molecule has 1 fully saturated rings. The van der Waals surface area contributed by atoms with Gasteiger partial charge in [-0.1, -0.05) is 95.9 Å². The lowest BCUT2D eigenvalue weighted by Gasteiger charge is -2.31. The fraction of sp³-hybridized carbons (Fsp3) is 0.611. The van der Waals surface area contributed by atoms with Gasteiger partial charge in [0.2, 0.25) is 0 Å². The van der Waals surface area contributed by atoms with E-state index < -0.39 is 0 Å². The van der Waals surface area contributed by atoms with E-state index in [2.05, 4.69) is 95.2 Å². The van der Waals surface area contributed by atoms with Crippen LogP contribution < -0.4 is 0 Å². The fourth-order valence-corrected chi connectivity index (χ4v) is 5.69. The van der Waals surface area contributed by atoms with Crippen LogP contribution in [-0.4, -0.2) is 34.7 Å². The second-order valence-corrected chi connectivity index (χ2v) is 15.9. The molecule has 4 nitrogen and oxygen atoms in total. The Kier molecular flexibility index (Phi) is 9.04. The summed E-state index contributed by atoms with van der Waals surface area (Å²) in [5.41, 5.74) is 6.10. The first-order valence-electron chi connectivity index (χ1n) is 15.0. The average Bonchev–Trinajstić information content (AvgIpc) is 2.80. The van der Waals surface area contributed by atoms with E-state index in [-0.39, 0.29) is 45.2 Å². The van der Waals surface area contributed by atoms with Gasteiger partial charge in [0.15, 0.2) is 0 Å². The van der Waals surface area contributed by atoms with Crippen LogP contribution in [0, 0.1) is 0 Å². The largest absolute Gasteiger partial charge is 0.507 e. The Morgan fingerprint density at radius 1 is 0.525 bits per heavy atom. The van der Waals surface area contributed by atoms with E-state index in [4.69, 9.17) is 9.98 Å². The first kappa shape index (κ1) is 31.9. The second-order valence-electron chi connectivity index (χ2n) is 15.9. The topological polar surface area (TPSA) is 65.2 Å². The summed E-state index contributed by atoms with van der Waals surface area (Å²) in [6.07, 6.45) is 7.87. The zero-order chi connectivity index (χ0) is 30.3. The molecule has 2 aromatic carbocycles. The van der Waals surface area contributed by atoms with Crippen molar-refractivity contribution in [3.05, 3.63) is 57.6 Å². The van der Waals surface area contributed by atoms with Gasteiger partial charge >= 0.3 is 0 Å². The van der Waals surface area contributed by atoms with Crippen molar-refractivity contribution >= 4 is 12.4 Å². The van der Waals surface area contributed by atoms with Crippen LogP contribution in [-0.2, 0) is 21.7 Å². The molecule has 1 aliphatic rings. The molecule has 4 heteroatoms. The molecule has 2 N–H and O–H groups in total. The van der Waals surface area contributed by atoms with E-state index in [0.717, 1.165) is 36.8 Å². The lowest BCUT2D eigenvalue weighted by atomic mass is 9.74. The summed E-state index contributed by atoms with van der Waals surface area (Å²) in [4.78, 5) is 9.97. The van der Waals surface area contributed by atoms with Gasteiger partial charge in [0.05, 0.1) is 12.1 Å². The summed E-state index contributed by atoms with van der Waals surface area (Å²) >= 11 is 0. The van der Waals surface area contributed by atoms with Crippen LogP contribution in [0.4, 0.5) is 0 Å². The molecule has 0 unspecified atom stereocenters. The third-order valence-corrected chi connectivity index (χ3v) is 8.07. The van der Waals surface area contributed by atoms with Gasteiger partial charge in [0.1, 0.15) is 11.5 Å². The van der Waals surface area contributed by atoms with Crippen LogP contribution in [0.15, 0.2) is 34.3 Å². The van der Waals surface area contributed by atoms with Crippen molar-refractivity contribution in [3.8, 4) is 11.5 Å². The van der Waals surface area contributed by atoms with Crippen molar-refractivity contribution < 1.29 is 10.2 Å². The molecular formula is C36H54N2O2. The number of aromatic hydroxyl groups is 2. The number of benzene rings is 2. The van der Waals surface area contributed by atoms with Crippen LogP contribution in [0.1, 0.15) is 142 Å². The summed E-state index contributed by atoms with van der Waals surface area (Å²) in [5, 5.41) is 21.9. The molecule has 2 aromatic rings. The van der Waals surface area contributed by atoms with E-state index in [1.54, 1.807) is 0 Å². The van der Waals surface area contributed by atoms with Crippen molar-refractivity contribution in [2.75, 3.05) is 0 Å². The van der Waals surface area contributed by atoms with Crippen LogP contribution >= 0.6 is 0 Å². The molecule has 0 radical (unpaired) electrons. The first-order chi connectivity index (χ1) is 18.2. The highest BCUT2D eigenvalue weighted by Gasteiger charge is 2.29. The van der Waals surface area contributed by atoms with Gasteiger partial charge in [-0.15, -0.1) is 0 Å². The van der Waals surface area contributed by atoms with Crippen LogP contribution in [0.5, 0.6) is 11.5 Å². The highest BCUT2D eigenvalue weighted by molar-refractivity contribution is 5.85. The highest BCUT2D eigenvalue weighted by Crippen LogP contribution is 2.39. The fourth-order valence-electron chi connectivity index (χ4n) is 5.69. The molecule has 3 rings (SSSR count). The van der Waals surface area contributed by atoms with Gasteiger partial charge in [0, 0.05) is 23.6 Å². The Balaban J connectivity index is 1.95. The predicted molar refractivity (Wildman–Crippen MR) is 172 cm³/mol. The molecule has 40 heavy (non-hydrogen) atoms. The zero-order valence-corrected chi connectivity index (χ0v) is 27.2. The Hall–Kier alpha value is -2.62. The van der Waals surface area contributed by atoms with Crippen molar-refractivity contribution in [1.82, 2.24) is 0 Å². The molecule has 0 heterocycles.